The number of aromatic nitrogens is 1. The van der Waals surface area contributed by atoms with Crippen LogP contribution in [0.15, 0.2) is 23.6 Å². The van der Waals surface area contributed by atoms with E-state index in [9.17, 15) is 13.6 Å². The number of hydrogen-bond acceptors (Lipinski definition) is 5. The van der Waals surface area contributed by atoms with Crippen LogP contribution >= 0.6 is 11.3 Å². The Kier molecular flexibility index (Phi) is 5.01. The highest BCUT2D eigenvalue weighted by atomic mass is 32.1. The summed E-state index contributed by atoms with van der Waals surface area (Å²) in [5, 5.41) is 11.1. The van der Waals surface area contributed by atoms with Gasteiger partial charge in [0.2, 0.25) is 0 Å². The molecule has 4 atom stereocenters. The molecular formula is C22H23F2NO4S. The Hall–Kier alpha value is -2.06. The van der Waals surface area contributed by atoms with E-state index in [1.165, 1.54) is 27.8 Å². The lowest BCUT2D eigenvalue weighted by Gasteiger charge is -2.33. The molecule has 3 aliphatic rings. The monoisotopic (exact) mass is 435 g/mol. The summed E-state index contributed by atoms with van der Waals surface area (Å²) in [7, 11) is 0. The van der Waals surface area contributed by atoms with Crippen LogP contribution in [0.2, 0.25) is 0 Å². The maximum Gasteiger partial charge on any atom is 0.355 e. The number of hydrogen-bond donors (Lipinski definition) is 1. The fraction of sp³-hybridized carbons (Fsp3) is 0.545. The number of nitrogens with zero attached hydrogens (tertiary/aromatic N) is 1. The molecule has 0 bridgehead atoms. The van der Waals surface area contributed by atoms with Crippen molar-refractivity contribution in [3.05, 3.63) is 45.4 Å². The summed E-state index contributed by atoms with van der Waals surface area (Å²) in [6, 6.07) is 5.91. The molecule has 0 amide bonds. The first-order chi connectivity index (χ1) is 14.4. The van der Waals surface area contributed by atoms with E-state index in [0.717, 1.165) is 19.3 Å². The quantitative estimate of drug-likeness (QED) is 0.724. The lowest BCUT2D eigenvalue weighted by Crippen LogP contribution is -2.34. The van der Waals surface area contributed by atoms with Crippen molar-refractivity contribution in [3.63, 3.8) is 0 Å². The van der Waals surface area contributed by atoms with Crippen LogP contribution in [-0.2, 0) is 17.6 Å². The second-order valence-corrected chi connectivity index (χ2v) is 9.34. The summed E-state index contributed by atoms with van der Waals surface area (Å²) in [5.41, 5.74) is 2.56. The first kappa shape index (κ1) is 19.9. The summed E-state index contributed by atoms with van der Waals surface area (Å²) < 4.78 is 41.5. The number of halogens is 2. The highest BCUT2D eigenvalue weighted by molar-refractivity contribution is 7.09. The summed E-state index contributed by atoms with van der Waals surface area (Å²) in [6.45, 7) is -0.0264. The molecule has 5 nitrogen and oxygen atoms in total. The van der Waals surface area contributed by atoms with E-state index < -0.39 is 30.0 Å². The number of alkyl halides is 2. The second-order valence-electron chi connectivity index (χ2n) is 8.45. The molecule has 30 heavy (non-hydrogen) atoms. The molecule has 1 aromatic carbocycles. The van der Waals surface area contributed by atoms with Gasteiger partial charge in [-0.05, 0) is 61.3 Å². The van der Waals surface area contributed by atoms with Crippen LogP contribution in [0.1, 0.15) is 58.4 Å². The average Bonchev–Trinajstić information content (AvgIpc) is 3.42. The van der Waals surface area contributed by atoms with Gasteiger partial charge in [-0.25, -0.2) is 18.6 Å². The molecule has 8 heteroatoms. The Morgan fingerprint density at radius 2 is 2.13 bits per heavy atom. The van der Waals surface area contributed by atoms with Gasteiger partial charge in [0.15, 0.2) is 5.69 Å². The summed E-state index contributed by atoms with van der Waals surface area (Å²) in [5.74, 6) is -4.45. The number of carboxylic acids is 1. The number of aryl methyl sites for hydroxylation is 2. The maximum atomic E-state index is 14.8. The zero-order valence-corrected chi connectivity index (χ0v) is 17.2. The molecule has 1 aromatic heterocycles. The lowest BCUT2D eigenvalue weighted by atomic mass is 9.86. The van der Waals surface area contributed by atoms with Crippen molar-refractivity contribution in [2.24, 2.45) is 11.8 Å². The topological polar surface area (TPSA) is 68.7 Å². The van der Waals surface area contributed by atoms with Gasteiger partial charge in [-0.1, -0.05) is 6.07 Å². The van der Waals surface area contributed by atoms with E-state index >= 15 is 0 Å². The van der Waals surface area contributed by atoms with Gasteiger partial charge in [0.1, 0.15) is 16.9 Å². The average molecular weight is 435 g/mol. The third-order valence-electron chi connectivity index (χ3n) is 6.63. The van der Waals surface area contributed by atoms with Crippen LogP contribution in [0.25, 0.3) is 0 Å². The van der Waals surface area contributed by atoms with E-state index in [4.69, 9.17) is 14.6 Å². The van der Waals surface area contributed by atoms with Gasteiger partial charge in [0.05, 0.1) is 18.6 Å². The van der Waals surface area contributed by atoms with E-state index in [1.807, 2.05) is 18.2 Å². The van der Waals surface area contributed by atoms with Gasteiger partial charge in [0, 0.05) is 11.8 Å². The number of rotatable bonds is 5. The minimum absolute atomic E-state index is 0.0264. The Bertz CT molecular complexity index is 962. The molecule has 160 valence electrons. The lowest BCUT2D eigenvalue weighted by molar-refractivity contribution is -0.0812. The molecule has 2 fully saturated rings. The molecule has 5 rings (SSSR count). The van der Waals surface area contributed by atoms with E-state index in [-0.39, 0.29) is 24.6 Å². The minimum Gasteiger partial charge on any atom is -0.493 e. The second kappa shape index (κ2) is 7.57. The van der Waals surface area contributed by atoms with Gasteiger partial charge in [-0.2, -0.15) is 0 Å². The van der Waals surface area contributed by atoms with Gasteiger partial charge in [-0.3, -0.25) is 0 Å². The van der Waals surface area contributed by atoms with Gasteiger partial charge >= 0.3 is 5.97 Å². The first-order valence-corrected chi connectivity index (χ1v) is 11.3. The highest BCUT2D eigenvalue weighted by Crippen LogP contribution is 2.52. The third-order valence-corrected chi connectivity index (χ3v) is 7.56. The molecule has 1 saturated carbocycles. The molecule has 0 radical (unpaired) electrons. The number of benzene rings is 1. The number of carboxylic acid groups (broad SMARTS) is 1. The fourth-order valence-corrected chi connectivity index (χ4v) is 5.95. The molecular weight excluding hydrogens is 412 g/mol. The van der Waals surface area contributed by atoms with Crippen molar-refractivity contribution in [1.29, 1.82) is 0 Å². The van der Waals surface area contributed by atoms with Crippen molar-refractivity contribution >= 4 is 17.3 Å². The SMILES string of the molecule is O=C(O)c1csc([C@H]2CC[C@@H]3C(COc4ccc5c(c4)CCC5)C(F)(F)C[C@@H]3O2)n1. The van der Waals surface area contributed by atoms with Crippen molar-refractivity contribution in [1.82, 2.24) is 4.98 Å². The smallest absolute Gasteiger partial charge is 0.355 e. The number of thiazole rings is 1. The number of aromatic carboxylic acids is 1. The van der Waals surface area contributed by atoms with Gasteiger partial charge < -0.3 is 14.6 Å². The predicted molar refractivity (Wildman–Crippen MR) is 106 cm³/mol. The maximum absolute atomic E-state index is 14.8. The first-order valence-electron chi connectivity index (χ1n) is 10.4. The molecule has 1 N–H and O–H groups in total. The van der Waals surface area contributed by atoms with E-state index in [2.05, 4.69) is 4.98 Å². The normalized spacial score (nSPS) is 29.4. The van der Waals surface area contributed by atoms with Crippen LogP contribution < -0.4 is 4.74 Å². The van der Waals surface area contributed by atoms with Crippen LogP contribution in [0.4, 0.5) is 8.78 Å². The van der Waals surface area contributed by atoms with E-state index in [1.54, 1.807) is 0 Å². The van der Waals surface area contributed by atoms with Crippen molar-refractivity contribution < 1.29 is 28.2 Å². The summed E-state index contributed by atoms with van der Waals surface area (Å²) >= 11 is 1.21. The number of fused-ring (bicyclic) bond motifs is 2. The summed E-state index contributed by atoms with van der Waals surface area (Å²) in [6.07, 6.45) is 3.06. The summed E-state index contributed by atoms with van der Waals surface area (Å²) in [4.78, 5) is 15.1. The largest absolute Gasteiger partial charge is 0.493 e. The van der Waals surface area contributed by atoms with E-state index in [0.29, 0.717) is 23.6 Å². The highest BCUT2D eigenvalue weighted by Gasteiger charge is 2.57. The number of ether oxygens (including phenoxy) is 2. The van der Waals surface area contributed by atoms with Gasteiger partial charge in [0.25, 0.3) is 5.92 Å². The predicted octanol–water partition coefficient (Wildman–Crippen LogP) is 4.90. The minimum atomic E-state index is -2.85. The molecule has 1 aliphatic heterocycles. The zero-order valence-electron chi connectivity index (χ0n) is 16.4. The molecule has 2 aromatic rings. The van der Waals surface area contributed by atoms with Crippen molar-refractivity contribution in [2.45, 2.75) is 56.7 Å². The Morgan fingerprint density at radius 1 is 1.30 bits per heavy atom. The van der Waals surface area contributed by atoms with Crippen LogP contribution in [0.3, 0.4) is 0 Å². The van der Waals surface area contributed by atoms with Crippen LogP contribution in [0, 0.1) is 11.8 Å². The Labute approximate surface area is 177 Å². The Morgan fingerprint density at radius 3 is 2.93 bits per heavy atom. The standard InChI is InChI=1S/C22H23F2NO4S/c23-22(24)9-19-15(6-7-18(29-19)20-25-17(11-30-20)21(26)27)16(22)10-28-14-5-4-12-2-1-3-13(12)8-14/h4-5,8,11,15-16,18-19H,1-3,6-7,9-10H2,(H,26,27)/t15-,16?,18-,19+/m1/s1. The van der Waals surface area contributed by atoms with Crippen molar-refractivity contribution in [2.75, 3.05) is 6.61 Å². The molecule has 1 saturated heterocycles. The molecule has 0 spiro atoms. The van der Waals surface area contributed by atoms with Crippen LogP contribution in [-0.4, -0.2) is 34.7 Å². The molecule has 2 heterocycles. The molecule has 1 unspecified atom stereocenters. The third kappa shape index (κ3) is 3.60. The molecule has 2 aliphatic carbocycles. The Balaban J connectivity index is 1.26. The zero-order chi connectivity index (χ0) is 20.9. The van der Waals surface area contributed by atoms with Crippen LogP contribution in [0.5, 0.6) is 5.75 Å². The van der Waals surface area contributed by atoms with Crippen molar-refractivity contribution in [3.8, 4) is 5.75 Å². The fourth-order valence-electron chi connectivity index (χ4n) is 5.09. The number of carbonyl (C=O) groups is 1. The van der Waals surface area contributed by atoms with Gasteiger partial charge in [-0.15, -0.1) is 11.3 Å².